The molecule has 0 bridgehead atoms. The Morgan fingerprint density at radius 1 is 0.792 bits per heavy atom. The van der Waals surface area contributed by atoms with E-state index in [4.69, 9.17) is 4.74 Å². The molecule has 0 saturated carbocycles. The number of amides is 1. The van der Waals surface area contributed by atoms with Gasteiger partial charge in [-0.15, -0.1) is 0 Å². The van der Waals surface area contributed by atoms with Crippen molar-refractivity contribution in [3.05, 3.63) is 137 Å². The van der Waals surface area contributed by atoms with Gasteiger partial charge in [-0.1, -0.05) is 91.5 Å². The fourth-order valence-electron chi connectivity index (χ4n) is 5.64. The van der Waals surface area contributed by atoms with E-state index in [1.54, 1.807) is 19.1 Å². The van der Waals surface area contributed by atoms with Crippen LogP contribution in [0, 0.1) is 0 Å². The lowest BCUT2D eigenvalue weighted by molar-refractivity contribution is -0.117. The van der Waals surface area contributed by atoms with Crippen molar-refractivity contribution in [1.82, 2.24) is 15.1 Å². The Balaban J connectivity index is 1.48. The first-order chi connectivity index (χ1) is 23.2. The molecule has 48 heavy (non-hydrogen) atoms. The highest BCUT2D eigenvalue weighted by atomic mass is 16.5. The van der Waals surface area contributed by atoms with Crippen LogP contribution >= 0.6 is 0 Å². The molecule has 4 aromatic rings. The predicted octanol–water partition coefficient (Wildman–Crippen LogP) is 3.29. The lowest BCUT2D eigenvalue weighted by atomic mass is 9.77. The van der Waals surface area contributed by atoms with Gasteiger partial charge in [0, 0.05) is 51.4 Å². The molecule has 1 amide bonds. The van der Waals surface area contributed by atoms with E-state index < -0.39 is 7.12 Å². The molecule has 1 radical (unpaired) electrons. The van der Waals surface area contributed by atoms with Gasteiger partial charge >= 0.3 is 14.6 Å². The Bertz CT molecular complexity index is 1600. The zero-order chi connectivity index (χ0) is 34.3. The zero-order valence-electron chi connectivity index (χ0n) is 28.0. The van der Waals surface area contributed by atoms with Crippen LogP contribution in [0.15, 0.2) is 109 Å². The van der Waals surface area contributed by atoms with Gasteiger partial charge in [-0.25, -0.2) is 0 Å². The van der Waals surface area contributed by atoms with E-state index in [1.165, 1.54) is 13.0 Å². The Morgan fingerprint density at radius 2 is 1.33 bits per heavy atom. The van der Waals surface area contributed by atoms with Crippen molar-refractivity contribution in [2.24, 2.45) is 0 Å². The molecule has 0 aliphatic heterocycles. The van der Waals surface area contributed by atoms with E-state index in [-0.39, 0.29) is 5.91 Å². The van der Waals surface area contributed by atoms with Gasteiger partial charge in [0.2, 0.25) is 5.91 Å². The molecule has 0 unspecified atom stereocenters. The SMILES string of the molecule is C=C(C)C(=O)NCCCN(Cc1ccc(CN(Cc2ccc(OCC)cc2)Cc2ccccc2[B]O)cc1)Cc1ccccc1B(O)O. The molecule has 0 heterocycles. The van der Waals surface area contributed by atoms with Crippen molar-refractivity contribution >= 4 is 31.4 Å². The van der Waals surface area contributed by atoms with E-state index in [0.717, 1.165) is 46.4 Å². The van der Waals surface area contributed by atoms with Gasteiger partial charge < -0.3 is 25.1 Å². The molecule has 0 aliphatic rings. The maximum absolute atomic E-state index is 12.0. The van der Waals surface area contributed by atoms with Crippen LogP contribution in [0.2, 0.25) is 0 Å². The highest BCUT2D eigenvalue weighted by Crippen LogP contribution is 2.18. The maximum Gasteiger partial charge on any atom is 0.488 e. The molecule has 10 heteroatoms. The second-order valence-electron chi connectivity index (χ2n) is 12.0. The van der Waals surface area contributed by atoms with Crippen molar-refractivity contribution in [2.45, 2.75) is 53.0 Å². The topological polar surface area (TPSA) is 106 Å². The summed E-state index contributed by atoms with van der Waals surface area (Å²) in [6, 6.07) is 32.0. The lowest BCUT2D eigenvalue weighted by Crippen LogP contribution is -2.36. The van der Waals surface area contributed by atoms with Crippen LogP contribution in [0.25, 0.3) is 0 Å². The molecule has 0 fully saturated rings. The van der Waals surface area contributed by atoms with E-state index >= 15 is 0 Å². The minimum atomic E-state index is -1.55. The fraction of sp³-hybridized carbons (Fsp3) is 0.289. The fourth-order valence-corrected chi connectivity index (χ4v) is 5.64. The summed E-state index contributed by atoms with van der Waals surface area (Å²) in [4.78, 5) is 16.6. The molecule has 8 nitrogen and oxygen atoms in total. The Hall–Kier alpha value is -4.18. The molecular weight excluding hydrogens is 600 g/mol. The lowest BCUT2D eigenvalue weighted by Gasteiger charge is -2.25. The highest BCUT2D eigenvalue weighted by molar-refractivity contribution is 6.59. The third-order valence-corrected chi connectivity index (χ3v) is 8.12. The number of benzene rings is 4. The summed E-state index contributed by atoms with van der Waals surface area (Å²) < 4.78 is 5.63. The standard InChI is InChI=1S/C38H46B2N3O5/c1-4-48-35-20-18-32(19-21-35)26-43(27-33-10-5-7-12-36(33)39-45)25-31-16-14-30(15-17-31)24-42(23-9-22-41-38(44)29(2)3)28-34-11-6-8-13-37(34)40(46)47/h5-8,10-21,45-47H,2,4,9,22-28H2,1,3H3,(H,41,44). The summed E-state index contributed by atoms with van der Waals surface area (Å²) in [5.41, 5.74) is 7.13. The Morgan fingerprint density at radius 3 is 1.92 bits per heavy atom. The summed E-state index contributed by atoms with van der Waals surface area (Å²) in [7, 11) is -0.385. The average Bonchev–Trinajstić information content (AvgIpc) is 3.08. The van der Waals surface area contributed by atoms with E-state index in [0.29, 0.717) is 56.9 Å². The van der Waals surface area contributed by atoms with Crippen molar-refractivity contribution < 1.29 is 24.6 Å². The minimum Gasteiger partial charge on any atom is -0.494 e. The molecule has 4 aromatic carbocycles. The monoisotopic (exact) mass is 646 g/mol. The second-order valence-corrected chi connectivity index (χ2v) is 12.0. The van der Waals surface area contributed by atoms with Gasteiger partial charge in [-0.3, -0.25) is 14.6 Å². The van der Waals surface area contributed by atoms with Crippen LogP contribution < -0.4 is 21.0 Å². The number of hydrogen-bond donors (Lipinski definition) is 4. The molecule has 249 valence electrons. The average molecular weight is 646 g/mol. The number of carbonyl (C=O) groups excluding carboxylic acids is 1. The molecule has 0 spiro atoms. The predicted molar refractivity (Wildman–Crippen MR) is 194 cm³/mol. The number of hydrogen-bond acceptors (Lipinski definition) is 7. The maximum atomic E-state index is 12.0. The largest absolute Gasteiger partial charge is 0.494 e. The summed E-state index contributed by atoms with van der Waals surface area (Å²) in [6.45, 7) is 12.5. The van der Waals surface area contributed by atoms with Gasteiger partial charge in [0.25, 0.3) is 0 Å². The van der Waals surface area contributed by atoms with Gasteiger partial charge in [-0.2, -0.15) is 0 Å². The zero-order valence-corrected chi connectivity index (χ0v) is 28.0. The van der Waals surface area contributed by atoms with E-state index in [2.05, 4.69) is 58.1 Å². The minimum absolute atomic E-state index is 0.152. The van der Waals surface area contributed by atoms with Gasteiger partial charge in [0.15, 0.2) is 0 Å². The summed E-state index contributed by atoms with van der Waals surface area (Å²) >= 11 is 0. The van der Waals surface area contributed by atoms with Crippen LogP contribution in [0.3, 0.4) is 0 Å². The number of nitrogens with one attached hydrogen (secondary N) is 1. The first kappa shape index (κ1) is 36.7. The van der Waals surface area contributed by atoms with Gasteiger partial charge in [0.05, 0.1) is 6.61 Å². The molecular formula is C38H46B2N3O5. The number of rotatable bonds is 19. The van der Waals surface area contributed by atoms with Crippen molar-refractivity contribution in [3.8, 4) is 5.75 Å². The van der Waals surface area contributed by atoms with Gasteiger partial charge in [0.1, 0.15) is 5.75 Å². The number of carbonyl (C=O) groups is 1. The first-order valence-corrected chi connectivity index (χ1v) is 16.4. The van der Waals surface area contributed by atoms with Crippen molar-refractivity contribution in [3.63, 3.8) is 0 Å². The summed E-state index contributed by atoms with van der Waals surface area (Å²) in [5.74, 6) is 0.700. The summed E-state index contributed by atoms with van der Waals surface area (Å²) in [5, 5.41) is 32.6. The molecule has 4 N–H and O–H groups in total. The third-order valence-electron chi connectivity index (χ3n) is 8.12. The van der Waals surface area contributed by atoms with Crippen LogP contribution in [0.1, 0.15) is 48.1 Å². The molecule has 0 atom stereocenters. The Labute approximate surface area is 286 Å². The van der Waals surface area contributed by atoms with Crippen LogP contribution in [0.4, 0.5) is 0 Å². The van der Waals surface area contributed by atoms with E-state index in [1.807, 2.05) is 55.5 Å². The van der Waals surface area contributed by atoms with Crippen molar-refractivity contribution in [2.75, 3.05) is 19.7 Å². The Kier molecular flexibility index (Phi) is 14.5. The van der Waals surface area contributed by atoms with E-state index in [9.17, 15) is 19.9 Å². The molecule has 0 saturated heterocycles. The van der Waals surface area contributed by atoms with Crippen LogP contribution in [0.5, 0.6) is 5.75 Å². The second kappa shape index (κ2) is 19.0. The van der Waals surface area contributed by atoms with Gasteiger partial charge in [-0.05, 0) is 71.1 Å². The molecule has 4 rings (SSSR count). The number of ether oxygens (including phenoxy) is 1. The molecule has 0 aromatic heterocycles. The molecule has 0 aliphatic carbocycles. The first-order valence-electron chi connectivity index (χ1n) is 16.4. The number of nitrogens with zero attached hydrogens (tertiary/aromatic N) is 2. The third kappa shape index (κ3) is 11.5. The van der Waals surface area contributed by atoms with Crippen molar-refractivity contribution in [1.29, 1.82) is 0 Å². The summed E-state index contributed by atoms with van der Waals surface area (Å²) in [6.07, 6.45) is 0.730. The quantitative estimate of drug-likeness (QED) is 0.0705. The smallest absolute Gasteiger partial charge is 0.488 e. The van der Waals surface area contributed by atoms with Crippen LogP contribution in [-0.2, 0) is 37.5 Å². The van der Waals surface area contributed by atoms with Crippen LogP contribution in [-0.4, -0.2) is 65.1 Å². The normalized spacial score (nSPS) is 11.1. The highest BCUT2D eigenvalue weighted by Gasteiger charge is 2.18.